The van der Waals surface area contributed by atoms with Crippen molar-refractivity contribution >= 4 is 0 Å². The highest BCUT2D eigenvalue weighted by molar-refractivity contribution is 5.66. The second-order valence-electron chi connectivity index (χ2n) is 12.0. The van der Waals surface area contributed by atoms with Gasteiger partial charge in [0.25, 0.3) is 0 Å². The normalized spacial score (nSPS) is 13.3. The number of aryl methyl sites for hydroxylation is 1. The molecule has 0 aliphatic heterocycles. The third kappa shape index (κ3) is 13.8. The van der Waals surface area contributed by atoms with Crippen LogP contribution < -0.4 is 11.5 Å². The summed E-state index contributed by atoms with van der Waals surface area (Å²) in [7, 11) is 0. The summed E-state index contributed by atoms with van der Waals surface area (Å²) in [5.41, 5.74) is 24.8. The summed E-state index contributed by atoms with van der Waals surface area (Å²) in [6, 6.07) is 24.4. The molecule has 0 fully saturated rings. The molecule has 43 heavy (non-hydrogen) atoms. The largest absolute Gasteiger partial charge is 0.328 e. The van der Waals surface area contributed by atoms with E-state index in [4.69, 9.17) is 11.5 Å². The summed E-state index contributed by atoms with van der Waals surface area (Å²) in [6.45, 7) is 25.3. The van der Waals surface area contributed by atoms with Gasteiger partial charge in [-0.1, -0.05) is 137 Å². The van der Waals surface area contributed by atoms with Crippen molar-refractivity contribution in [3.05, 3.63) is 130 Å². The van der Waals surface area contributed by atoms with E-state index >= 15 is 0 Å². The van der Waals surface area contributed by atoms with Gasteiger partial charge in [-0.2, -0.15) is 0 Å². The van der Waals surface area contributed by atoms with Crippen molar-refractivity contribution in [2.75, 3.05) is 0 Å². The fraction of sp³-hybridized carbons (Fsp3) is 0.415. The molecule has 1 aliphatic carbocycles. The Balaban J connectivity index is 0.000000386. The molecule has 0 heterocycles. The molecule has 0 saturated heterocycles. The lowest BCUT2D eigenvalue weighted by Gasteiger charge is -2.14. The Labute approximate surface area is 265 Å². The highest BCUT2D eigenvalue weighted by atomic mass is 14.6. The summed E-state index contributed by atoms with van der Waals surface area (Å²) < 4.78 is 0. The molecule has 2 nitrogen and oxygen atoms in total. The van der Waals surface area contributed by atoms with Crippen LogP contribution in [0.2, 0.25) is 0 Å². The lowest BCUT2D eigenvalue weighted by atomic mass is 9.91. The Morgan fingerprint density at radius 2 is 1.35 bits per heavy atom. The molecule has 0 radical (unpaired) electrons. The zero-order chi connectivity index (χ0) is 32.5. The second kappa shape index (κ2) is 19.9. The highest BCUT2D eigenvalue weighted by Gasteiger charge is 2.14. The van der Waals surface area contributed by atoms with Crippen LogP contribution in [0.5, 0.6) is 0 Å². The molecule has 2 atom stereocenters. The monoisotopic (exact) mass is 580 g/mol. The first-order chi connectivity index (χ1) is 20.4. The molecular weight excluding hydrogens is 520 g/mol. The molecule has 1 aliphatic rings. The van der Waals surface area contributed by atoms with Gasteiger partial charge in [-0.25, -0.2) is 0 Å². The SMILES string of the molecule is C=C(/C=C(\C)Cc1cc(-c2ccccc2)cc(C)c1C)C(C)C.CC.CC(N)C=C1Cc2ccccc2C1.CCC(C)N. The van der Waals surface area contributed by atoms with Crippen molar-refractivity contribution in [3.63, 3.8) is 0 Å². The average Bonchev–Trinajstić information content (AvgIpc) is 3.39. The topological polar surface area (TPSA) is 52.0 Å². The van der Waals surface area contributed by atoms with Crippen molar-refractivity contribution < 1.29 is 0 Å². The van der Waals surface area contributed by atoms with Gasteiger partial charge in [0.05, 0.1) is 0 Å². The van der Waals surface area contributed by atoms with Gasteiger partial charge >= 0.3 is 0 Å². The third-order valence-corrected chi connectivity index (χ3v) is 7.62. The molecular formula is C41H60N2. The summed E-state index contributed by atoms with van der Waals surface area (Å²) in [4.78, 5) is 0. The van der Waals surface area contributed by atoms with Crippen molar-refractivity contribution in [3.8, 4) is 11.1 Å². The summed E-state index contributed by atoms with van der Waals surface area (Å²) in [5, 5.41) is 0. The zero-order valence-corrected chi connectivity index (χ0v) is 28.9. The van der Waals surface area contributed by atoms with Gasteiger partial charge in [0.2, 0.25) is 0 Å². The van der Waals surface area contributed by atoms with E-state index in [-0.39, 0.29) is 6.04 Å². The quantitative estimate of drug-likeness (QED) is 0.216. The van der Waals surface area contributed by atoms with E-state index in [2.05, 4.69) is 127 Å². The average molecular weight is 581 g/mol. The van der Waals surface area contributed by atoms with Gasteiger partial charge in [-0.15, -0.1) is 0 Å². The molecule has 2 unspecified atom stereocenters. The minimum atomic E-state index is 0.185. The molecule has 3 aromatic carbocycles. The van der Waals surface area contributed by atoms with Crippen LogP contribution in [-0.2, 0) is 19.3 Å². The van der Waals surface area contributed by atoms with Crippen LogP contribution in [0.25, 0.3) is 11.1 Å². The van der Waals surface area contributed by atoms with Crippen LogP contribution >= 0.6 is 0 Å². The van der Waals surface area contributed by atoms with Gasteiger partial charge in [-0.3, -0.25) is 0 Å². The number of hydrogen-bond donors (Lipinski definition) is 2. The molecule has 0 aromatic heterocycles. The van der Waals surface area contributed by atoms with E-state index in [9.17, 15) is 0 Å². The molecule has 0 amide bonds. The van der Waals surface area contributed by atoms with Gasteiger partial charge < -0.3 is 11.5 Å². The van der Waals surface area contributed by atoms with E-state index in [0.717, 1.165) is 25.7 Å². The molecule has 4 N–H and O–H groups in total. The molecule has 0 bridgehead atoms. The summed E-state index contributed by atoms with van der Waals surface area (Å²) >= 11 is 0. The van der Waals surface area contributed by atoms with Crippen molar-refractivity contribution in [2.45, 2.75) is 107 Å². The maximum absolute atomic E-state index is 5.73. The molecule has 0 spiro atoms. The minimum Gasteiger partial charge on any atom is -0.328 e. The molecule has 0 saturated carbocycles. The predicted molar refractivity (Wildman–Crippen MR) is 194 cm³/mol. The summed E-state index contributed by atoms with van der Waals surface area (Å²) in [6.07, 6.45) is 8.68. The first-order valence-corrected chi connectivity index (χ1v) is 16.2. The van der Waals surface area contributed by atoms with Crippen LogP contribution in [0.1, 0.15) is 89.6 Å². The fourth-order valence-electron chi connectivity index (χ4n) is 4.69. The van der Waals surface area contributed by atoms with Gasteiger partial charge in [0.15, 0.2) is 0 Å². The van der Waals surface area contributed by atoms with E-state index < -0.39 is 0 Å². The van der Waals surface area contributed by atoms with Crippen LogP contribution in [0.4, 0.5) is 0 Å². The maximum atomic E-state index is 5.73. The maximum Gasteiger partial charge on any atom is 0.0197 e. The number of nitrogens with two attached hydrogens (primary N) is 2. The Morgan fingerprint density at radius 1 is 0.837 bits per heavy atom. The predicted octanol–water partition coefficient (Wildman–Crippen LogP) is 10.5. The Kier molecular flexibility index (Phi) is 17.5. The number of benzene rings is 3. The first kappa shape index (κ1) is 37.8. The zero-order valence-electron chi connectivity index (χ0n) is 28.9. The Hall–Kier alpha value is -3.20. The Morgan fingerprint density at radius 3 is 1.81 bits per heavy atom. The van der Waals surface area contributed by atoms with E-state index in [1.54, 1.807) is 0 Å². The summed E-state index contributed by atoms with van der Waals surface area (Å²) in [5.74, 6) is 0.503. The smallest absolute Gasteiger partial charge is 0.0197 e. The van der Waals surface area contributed by atoms with Crippen LogP contribution in [-0.4, -0.2) is 12.1 Å². The number of allylic oxidation sites excluding steroid dienone is 4. The van der Waals surface area contributed by atoms with E-state index in [1.165, 1.54) is 55.7 Å². The van der Waals surface area contributed by atoms with Crippen molar-refractivity contribution in [1.82, 2.24) is 0 Å². The number of hydrogen-bond acceptors (Lipinski definition) is 2. The fourth-order valence-corrected chi connectivity index (χ4v) is 4.69. The van der Waals surface area contributed by atoms with Gasteiger partial charge in [0.1, 0.15) is 0 Å². The standard InChI is InChI=1S/C23H28.C12H15N.C4H11N.C2H6/c1-16(2)18(4)12-17(3)13-22-15-23(14-19(5)20(22)6)21-10-8-7-9-11-21;1-9(13)6-10-7-11-4-2-3-5-12(11)8-10;1-3-4(2)5;1-2/h7-12,14-16H,4,13H2,1-3,5-6H3;2-6,9H,7-8,13H2,1H3;4H,3,5H2,1-2H3;1-2H3/b17-12+;;;. The van der Waals surface area contributed by atoms with Gasteiger partial charge in [-0.05, 0) is 105 Å². The van der Waals surface area contributed by atoms with Crippen LogP contribution in [0.3, 0.4) is 0 Å². The molecule has 3 aromatic rings. The van der Waals surface area contributed by atoms with E-state index in [1.807, 2.05) is 27.7 Å². The molecule has 4 rings (SSSR count). The first-order valence-electron chi connectivity index (χ1n) is 16.2. The lowest BCUT2D eigenvalue weighted by molar-refractivity contribution is 0.715. The Bertz CT molecular complexity index is 1280. The lowest BCUT2D eigenvalue weighted by Crippen LogP contribution is -2.11. The highest BCUT2D eigenvalue weighted by Crippen LogP contribution is 2.27. The third-order valence-electron chi connectivity index (χ3n) is 7.62. The van der Waals surface area contributed by atoms with Crippen LogP contribution in [0.15, 0.2) is 102 Å². The second-order valence-corrected chi connectivity index (χ2v) is 12.0. The number of fused-ring (bicyclic) bond motifs is 1. The minimum absolute atomic E-state index is 0.185. The van der Waals surface area contributed by atoms with Crippen molar-refractivity contribution in [1.29, 1.82) is 0 Å². The van der Waals surface area contributed by atoms with Gasteiger partial charge in [0, 0.05) is 12.1 Å². The van der Waals surface area contributed by atoms with Crippen molar-refractivity contribution in [2.24, 2.45) is 17.4 Å². The van der Waals surface area contributed by atoms with E-state index in [0.29, 0.717) is 12.0 Å². The molecule has 234 valence electrons. The van der Waals surface area contributed by atoms with Crippen LogP contribution in [0, 0.1) is 19.8 Å². The molecule has 2 heteroatoms. The number of rotatable bonds is 7.